The van der Waals surface area contributed by atoms with Crippen LogP contribution in [-0.4, -0.2) is 17.8 Å². The van der Waals surface area contributed by atoms with Crippen molar-refractivity contribution in [3.63, 3.8) is 0 Å². The Morgan fingerprint density at radius 3 is 2.17 bits per heavy atom. The Labute approximate surface area is 189 Å². The van der Waals surface area contributed by atoms with Crippen molar-refractivity contribution >= 4 is 12.0 Å². The molecule has 2 unspecified atom stereocenters. The zero-order valence-electron chi connectivity index (χ0n) is 19.7. The number of fused-ring (bicyclic) bond motifs is 3. The molecule has 1 aromatic carbocycles. The van der Waals surface area contributed by atoms with Crippen LogP contribution in [0.1, 0.15) is 78.4 Å². The van der Waals surface area contributed by atoms with E-state index in [-0.39, 0.29) is 35.5 Å². The third-order valence-electron chi connectivity index (χ3n) is 7.96. The van der Waals surface area contributed by atoms with Crippen molar-refractivity contribution in [1.82, 2.24) is 0 Å². The molecule has 1 fully saturated rings. The predicted molar refractivity (Wildman–Crippen MR) is 119 cm³/mol. The maximum Gasteiger partial charge on any atom is 1.00 e. The van der Waals surface area contributed by atoms with Crippen molar-refractivity contribution in [2.75, 3.05) is 0 Å². The van der Waals surface area contributed by atoms with E-state index in [1.54, 1.807) is 0 Å². The molecule has 3 aliphatic rings. The molecule has 0 saturated carbocycles. The fourth-order valence-electron chi connectivity index (χ4n) is 5.62. The zero-order valence-corrected chi connectivity index (χ0v) is 19.7. The van der Waals surface area contributed by atoms with Gasteiger partial charge < -0.3 is 9.31 Å². The van der Waals surface area contributed by atoms with Crippen LogP contribution in [0.5, 0.6) is 0 Å². The largest absolute Gasteiger partial charge is 1.00 e. The van der Waals surface area contributed by atoms with E-state index in [9.17, 15) is 0 Å². The molecule has 2 aliphatic carbocycles. The molecule has 0 amide bonds. The van der Waals surface area contributed by atoms with Gasteiger partial charge >= 0.3 is 18.9 Å². The Morgan fingerprint density at radius 1 is 0.931 bits per heavy atom. The molecule has 0 spiro atoms. The average molecular weight is 386 g/mol. The molecule has 1 heterocycles. The summed E-state index contributed by atoms with van der Waals surface area (Å²) in [5.41, 5.74) is 3.67. The minimum Gasteiger partial charge on any atom is -0.558 e. The zero-order chi connectivity index (χ0) is 20.4. The van der Waals surface area contributed by atoms with Crippen LogP contribution in [0.4, 0.5) is 0 Å². The maximum absolute atomic E-state index is 6.80. The van der Waals surface area contributed by atoms with Crippen LogP contribution < -0.4 is 24.3 Å². The van der Waals surface area contributed by atoms with Crippen molar-refractivity contribution < 1.29 is 28.2 Å². The third kappa shape index (κ3) is 3.43. The number of benzene rings is 1. The molecule has 1 aliphatic heterocycles. The topological polar surface area (TPSA) is 18.5 Å². The quantitative estimate of drug-likeness (QED) is 0.741. The second-order valence-electron chi connectivity index (χ2n) is 10.7. The number of hydrogen-bond acceptors (Lipinski definition) is 2. The first-order chi connectivity index (χ1) is 13.0. The van der Waals surface area contributed by atoms with Crippen LogP contribution in [0, 0.1) is 5.92 Å². The molecular weight excluding hydrogens is 350 g/mol. The van der Waals surface area contributed by atoms with Gasteiger partial charge in [-0.3, -0.25) is 0 Å². The normalized spacial score (nSPS) is 29.2. The molecule has 0 bridgehead atoms. The summed E-state index contributed by atoms with van der Waals surface area (Å²) in [4.78, 5) is 0. The summed E-state index contributed by atoms with van der Waals surface area (Å²) in [6.45, 7) is 14.2. The van der Waals surface area contributed by atoms with Crippen LogP contribution in [0.2, 0.25) is 6.32 Å². The third-order valence-corrected chi connectivity index (χ3v) is 7.96. The molecule has 2 nitrogen and oxygen atoms in total. The molecule has 29 heavy (non-hydrogen) atoms. The van der Waals surface area contributed by atoms with Gasteiger partial charge in [0, 0.05) is 17.1 Å². The SMILES string of the molecule is CCCC[B-]1(c2ccc3c(c2)C(C)(C)C2C=CC=CC32)OC(C)(C)C(C)(C)O1.[Li+]. The van der Waals surface area contributed by atoms with Gasteiger partial charge in [0.25, 0.3) is 6.55 Å². The standard InChI is InChI=1S/C25H36BO2.Li/c1-8-9-16-26(27-24(4,5)25(6,7)28-26)18-14-15-20-19-12-10-11-13-21(19)23(2,3)22(20)17-18;/h10-15,17,19,21H,8-9,16H2,1-7H3;/q-1;+1. The monoisotopic (exact) mass is 386 g/mol. The van der Waals surface area contributed by atoms with E-state index in [0.717, 1.165) is 19.2 Å². The van der Waals surface area contributed by atoms with E-state index >= 15 is 0 Å². The molecule has 1 aromatic rings. The molecule has 0 N–H and O–H groups in total. The Hall–Kier alpha value is -0.718. The Morgan fingerprint density at radius 2 is 1.55 bits per heavy atom. The van der Waals surface area contributed by atoms with E-state index in [1.165, 1.54) is 16.6 Å². The summed E-state index contributed by atoms with van der Waals surface area (Å²) in [5.74, 6) is 1.02. The summed E-state index contributed by atoms with van der Waals surface area (Å²) < 4.78 is 13.6. The average Bonchev–Trinajstić information content (AvgIpc) is 2.98. The fraction of sp³-hybridized carbons (Fsp3) is 0.600. The first kappa shape index (κ1) is 23.0. The van der Waals surface area contributed by atoms with Crippen molar-refractivity contribution in [2.24, 2.45) is 5.92 Å². The van der Waals surface area contributed by atoms with Gasteiger partial charge in [0.1, 0.15) is 0 Å². The first-order valence-electron chi connectivity index (χ1n) is 11.1. The number of rotatable bonds is 4. The smallest absolute Gasteiger partial charge is 0.558 e. The summed E-state index contributed by atoms with van der Waals surface area (Å²) in [6.07, 6.45) is 12.4. The van der Waals surface area contributed by atoms with Crippen LogP contribution in [0.3, 0.4) is 0 Å². The van der Waals surface area contributed by atoms with Crippen molar-refractivity contribution in [3.05, 3.63) is 53.6 Å². The predicted octanol–water partition coefficient (Wildman–Crippen LogP) is 2.86. The summed E-state index contributed by atoms with van der Waals surface area (Å²) in [6, 6.07) is 7.06. The Bertz CT molecular complexity index is 821. The molecule has 0 aromatic heterocycles. The minimum absolute atomic E-state index is 0. The van der Waals surface area contributed by atoms with Gasteiger partial charge in [-0.15, -0.1) is 6.32 Å². The van der Waals surface area contributed by atoms with E-state index in [1.807, 2.05) is 0 Å². The van der Waals surface area contributed by atoms with Gasteiger partial charge in [-0.05, 0) is 50.2 Å². The van der Waals surface area contributed by atoms with Crippen LogP contribution >= 0.6 is 0 Å². The first-order valence-corrected chi connectivity index (χ1v) is 11.1. The van der Waals surface area contributed by atoms with Crippen molar-refractivity contribution in [1.29, 1.82) is 0 Å². The molecular formula is C25H36BLiO2. The van der Waals surface area contributed by atoms with Gasteiger partial charge in [-0.2, -0.15) is 5.46 Å². The summed E-state index contributed by atoms with van der Waals surface area (Å²) >= 11 is 0. The second-order valence-corrected chi connectivity index (χ2v) is 10.7. The molecule has 2 atom stereocenters. The Kier molecular flexibility index (Phi) is 5.90. The minimum atomic E-state index is -1.48. The van der Waals surface area contributed by atoms with Gasteiger partial charge in [0.05, 0.1) is 0 Å². The van der Waals surface area contributed by atoms with E-state index in [2.05, 4.69) is 91.0 Å². The number of hydrogen-bond donors (Lipinski definition) is 0. The molecule has 152 valence electrons. The van der Waals surface area contributed by atoms with Crippen molar-refractivity contribution in [2.45, 2.75) is 90.2 Å². The van der Waals surface area contributed by atoms with Crippen LogP contribution in [0.15, 0.2) is 42.5 Å². The second kappa shape index (κ2) is 7.45. The molecule has 4 rings (SSSR count). The van der Waals surface area contributed by atoms with E-state index < -0.39 is 6.55 Å². The van der Waals surface area contributed by atoms with Gasteiger partial charge in [-0.1, -0.05) is 76.1 Å². The van der Waals surface area contributed by atoms with E-state index in [0.29, 0.717) is 11.8 Å². The maximum atomic E-state index is 6.80. The molecule has 1 saturated heterocycles. The molecule has 4 heteroatoms. The van der Waals surface area contributed by atoms with Gasteiger partial charge in [0.15, 0.2) is 0 Å². The van der Waals surface area contributed by atoms with Crippen molar-refractivity contribution in [3.8, 4) is 0 Å². The van der Waals surface area contributed by atoms with Gasteiger partial charge in [-0.25, -0.2) is 0 Å². The number of unbranched alkanes of at least 4 members (excludes halogenated alkanes) is 1. The summed E-state index contributed by atoms with van der Waals surface area (Å²) in [5, 5.41) is 0. The number of allylic oxidation sites excluding steroid dienone is 4. The fourth-order valence-corrected chi connectivity index (χ4v) is 5.62. The summed E-state index contributed by atoms with van der Waals surface area (Å²) in [7, 11) is 0. The van der Waals surface area contributed by atoms with Crippen LogP contribution in [-0.2, 0) is 14.7 Å². The Balaban J connectivity index is 0.00000240. The van der Waals surface area contributed by atoms with E-state index in [4.69, 9.17) is 9.31 Å². The molecule has 0 radical (unpaired) electrons. The van der Waals surface area contributed by atoms with Gasteiger partial charge in [0.2, 0.25) is 0 Å². The van der Waals surface area contributed by atoms with Crippen LogP contribution in [0.25, 0.3) is 0 Å².